The van der Waals surface area contributed by atoms with Gasteiger partial charge in [-0.2, -0.15) is 5.10 Å². The average Bonchev–Trinajstić information content (AvgIpc) is 3.37. The Hall–Kier alpha value is -3.58. The first-order valence-corrected chi connectivity index (χ1v) is 10.4. The zero-order valence-electron chi connectivity index (χ0n) is 16.3. The topological polar surface area (TPSA) is 68.1 Å². The van der Waals surface area contributed by atoms with Crippen molar-refractivity contribution in [1.29, 1.82) is 0 Å². The van der Waals surface area contributed by atoms with Crippen LogP contribution in [-0.2, 0) is 13.5 Å². The van der Waals surface area contributed by atoms with Crippen LogP contribution in [0.2, 0.25) is 0 Å². The molecule has 0 N–H and O–H groups in total. The first kappa shape index (κ1) is 18.4. The molecule has 0 aliphatic carbocycles. The Bertz CT molecular complexity index is 1270. The lowest BCUT2D eigenvalue weighted by Gasteiger charge is -2.22. The summed E-state index contributed by atoms with van der Waals surface area (Å²) in [6.45, 7) is 0.521. The van der Waals surface area contributed by atoms with E-state index >= 15 is 0 Å². The summed E-state index contributed by atoms with van der Waals surface area (Å²) in [7, 11) is 1.85. The number of rotatable bonds is 3. The van der Waals surface area contributed by atoms with Gasteiger partial charge in [-0.1, -0.05) is 24.3 Å². The summed E-state index contributed by atoms with van der Waals surface area (Å²) in [5.41, 5.74) is 4.68. The number of carbonyl (C=O) groups is 2. The summed E-state index contributed by atoms with van der Waals surface area (Å²) in [5.74, 6) is -0.147. The van der Waals surface area contributed by atoms with Gasteiger partial charge in [0.05, 0.1) is 16.3 Å². The quantitative estimate of drug-likeness (QED) is 0.471. The maximum Gasteiger partial charge on any atom is 0.276 e. The molecule has 1 aliphatic rings. The second kappa shape index (κ2) is 7.35. The van der Waals surface area contributed by atoms with E-state index in [1.54, 1.807) is 15.6 Å². The van der Waals surface area contributed by atoms with Crippen molar-refractivity contribution in [1.82, 2.24) is 14.8 Å². The zero-order valence-corrected chi connectivity index (χ0v) is 17.1. The lowest BCUT2D eigenvalue weighted by molar-refractivity contribution is 0.0982. The molecule has 6 nitrogen and oxygen atoms in total. The number of carbonyl (C=O) groups excluding carboxylic acids is 2. The highest BCUT2D eigenvalue weighted by Crippen LogP contribution is 2.41. The second-order valence-corrected chi connectivity index (χ2v) is 8.21. The van der Waals surface area contributed by atoms with E-state index in [4.69, 9.17) is 0 Å². The van der Waals surface area contributed by atoms with Crippen LogP contribution in [-0.4, -0.2) is 33.5 Å². The Morgan fingerprint density at radius 3 is 2.77 bits per heavy atom. The highest BCUT2D eigenvalue weighted by molar-refractivity contribution is 7.17. The van der Waals surface area contributed by atoms with E-state index in [-0.39, 0.29) is 5.91 Å². The molecule has 4 heterocycles. The van der Waals surface area contributed by atoms with Gasteiger partial charge in [-0.25, -0.2) is 4.98 Å². The summed E-state index contributed by atoms with van der Waals surface area (Å²) in [6, 6.07) is 17.1. The van der Waals surface area contributed by atoms with Crippen LogP contribution in [0.15, 0.2) is 60.8 Å². The van der Waals surface area contributed by atoms with Gasteiger partial charge in [-0.3, -0.25) is 14.3 Å². The Morgan fingerprint density at radius 1 is 1.10 bits per heavy atom. The van der Waals surface area contributed by atoms with Gasteiger partial charge in [0.1, 0.15) is 11.4 Å². The Morgan fingerprint density at radius 2 is 1.97 bits per heavy atom. The first-order valence-electron chi connectivity index (χ1n) is 9.60. The highest BCUT2D eigenvalue weighted by atomic mass is 32.1. The summed E-state index contributed by atoms with van der Waals surface area (Å²) in [6.07, 6.45) is 3.42. The molecule has 0 bridgehead atoms. The largest absolute Gasteiger partial charge is 0.306 e. The number of aldehydes is 1. The Kier molecular flexibility index (Phi) is 4.52. The van der Waals surface area contributed by atoms with E-state index in [1.807, 2.05) is 61.8 Å². The molecule has 0 radical (unpaired) electrons. The van der Waals surface area contributed by atoms with Gasteiger partial charge in [0.25, 0.3) is 5.91 Å². The van der Waals surface area contributed by atoms with E-state index in [0.29, 0.717) is 29.2 Å². The molecule has 1 aliphatic heterocycles. The molecule has 0 fully saturated rings. The minimum atomic E-state index is -0.147. The summed E-state index contributed by atoms with van der Waals surface area (Å²) < 4.78 is 1.71. The van der Waals surface area contributed by atoms with Crippen molar-refractivity contribution < 1.29 is 9.59 Å². The summed E-state index contributed by atoms with van der Waals surface area (Å²) in [5, 5.41) is 4.38. The van der Waals surface area contributed by atoms with Crippen LogP contribution in [0, 0.1) is 0 Å². The van der Waals surface area contributed by atoms with E-state index in [1.165, 1.54) is 11.3 Å². The number of anilines is 1. The van der Waals surface area contributed by atoms with E-state index in [0.717, 1.165) is 33.7 Å². The number of para-hydroxylation sites is 1. The Balaban J connectivity index is 1.55. The van der Waals surface area contributed by atoms with Crippen LogP contribution in [0.3, 0.4) is 0 Å². The van der Waals surface area contributed by atoms with Gasteiger partial charge in [0, 0.05) is 30.2 Å². The van der Waals surface area contributed by atoms with Crippen LogP contribution in [0.25, 0.3) is 21.8 Å². The van der Waals surface area contributed by atoms with Crippen LogP contribution < -0.4 is 4.90 Å². The molecule has 5 rings (SSSR count). The second-order valence-electron chi connectivity index (χ2n) is 7.13. The fourth-order valence-electron chi connectivity index (χ4n) is 3.77. The van der Waals surface area contributed by atoms with Crippen molar-refractivity contribution in [2.24, 2.45) is 7.05 Å². The molecular weight excluding hydrogens is 396 g/mol. The van der Waals surface area contributed by atoms with E-state index < -0.39 is 0 Å². The van der Waals surface area contributed by atoms with Crippen molar-refractivity contribution in [2.45, 2.75) is 6.42 Å². The molecule has 0 spiro atoms. The number of thiophene rings is 1. The normalized spacial score (nSPS) is 12.8. The van der Waals surface area contributed by atoms with Crippen LogP contribution >= 0.6 is 11.3 Å². The van der Waals surface area contributed by atoms with Crippen molar-refractivity contribution >= 4 is 29.2 Å². The molecule has 0 saturated heterocycles. The summed E-state index contributed by atoms with van der Waals surface area (Å²) >= 11 is 1.47. The fourth-order valence-corrected chi connectivity index (χ4v) is 4.83. The van der Waals surface area contributed by atoms with Crippen LogP contribution in [0.5, 0.6) is 0 Å². The lowest BCUT2D eigenvalue weighted by Crippen LogP contribution is -2.33. The molecule has 30 heavy (non-hydrogen) atoms. The average molecular weight is 414 g/mol. The molecule has 1 aromatic carbocycles. The van der Waals surface area contributed by atoms with Gasteiger partial charge in [-0.15, -0.1) is 11.3 Å². The van der Waals surface area contributed by atoms with Crippen LogP contribution in [0.4, 0.5) is 5.69 Å². The molecule has 0 unspecified atom stereocenters. The van der Waals surface area contributed by atoms with Crippen molar-refractivity contribution in [2.75, 3.05) is 11.4 Å². The molecular formula is C23H18N4O2S. The lowest BCUT2D eigenvalue weighted by atomic mass is 10.1. The number of aryl methyl sites for hydroxylation is 1. The van der Waals surface area contributed by atoms with Crippen molar-refractivity contribution in [3.8, 4) is 21.8 Å². The SMILES string of the molecule is Cn1ccc(-c2cccc(C(=O)N3CCc4cc(C=O)sc4-c4ccccc43)n2)n1. The predicted octanol–water partition coefficient (Wildman–Crippen LogP) is 4.23. The molecule has 3 aromatic heterocycles. The number of hydrogen-bond donors (Lipinski definition) is 0. The number of benzene rings is 1. The molecule has 7 heteroatoms. The standard InChI is InChI=1S/C23H18N4O2S/c1-26-11-10-19(25-26)18-6-4-7-20(24-18)23(29)27-12-9-15-13-16(14-28)30-22(15)17-5-2-3-8-21(17)27/h2-8,10-11,13-14H,9,12H2,1H3. The molecule has 0 saturated carbocycles. The molecule has 1 amide bonds. The van der Waals surface area contributed by atoms with Crippen molar-refractivity contribution in [3.63, 3.8) is 0 Å². The minimum absolute atomic E-state index is 0.147. The monoisotopic (exact) mass is 414 g/mol. The fraction of sp³-hybridized carbons (Fsp3) is 0.130. The van der Waals surface area contributed by atoms with E-state index in [2.05, 4.69) is 10.1 Å². The third-order valence-electron chi connectivity index (χ3n) is 5.18. The molecule has 148 valence electrons. The van der Waals surface area contributed by atoms with Crippen LogP contribution in [0.1, 0.15) is 25.7 Å². The van der Waals surface area contributed by atoms with Gasteiger partial charge >= 0.3 is 0 Å². The van der Waals surface area contributed by atoms with Crippen molar-refractivity contribution in [3.05, 3.63) is 76.9 Å². The number of fused-ring (bicyclic) bond motifs is 3. The maximum atomic E-state index is 13.5. The highest BCUT2D eigenvalue weighted by Gasteiger charge is 2.27. The molecule has 4 aromatic rings. The molecule has 0 atom stereocenters. The number of amides is 1. The number of hydrogen-bond acceptors (Lipinski definition) is 5. The smallest absolute Gasteiger partial charge is 0.276 e. The number of pyridine rings is 1. The number of aromatic nitrogens is 3. The number of nitrogens with zero attached hydrogens (tertiary/aromatic N) is 4. The van der Waals surface area contributed by atoms with E-state index in [9.17, 15) is 9.59 Å². The van der Waals surface area contributed by atoms with Gasteiger partial charge < -0.3 is 4.90 Å². The van der Waals surface area contributed by atoms with Gasteiger partial charge in [-0.05, 0) is 42.3 Å². The predicted molar refractivity (Wildman–Crippen MR) is 117 cm³/mol. The third-order valence-corrected chi connectivity index (χ3v) is 6.31. The van der Waals surface area contributed by atoms with Gasteiger partial charge in [0.2, 0.25) is 0 Å². The maximum absolute atomic E-state index is 13.5. The van der Waals surface area contributed by atoms with Gasteiger partial charge in [0.15, 0.2) is 6.29 Å². The minimum Gasteiger partial charge on any atom is -0.306 e. The zero-order chi connectivity index (χ0) is 20.7. The first-order chi connectivity index (χ1) is 14.6. The Labute approximate surface area is 177 Å². The third kappa shape index (κ3) is 3.13. The summed E-state index contributed by atoms with van der Waals surface area (Å²) in [4.78, 5) is 32.9.